The fourth-order valence-corrected chi connectivity index (χ4v) is 3.78. The number of rotatable bonds is 13. The zero-order valence-electron chi connectivity index (χ0n) is 18.7. The van der Waals surface area contributed by atoms with E-state index in [0.717, 1.165) is 48.8 Å². The fourth-order valence-electron chi connectivity index (χ4n) is 3.78. The van der Waals surface area contributed by atoms with E-state index < -0.39 is 6.10 Å². The smallest absolute Gasteiger partial charge is 0.232 e. The zero-order valence-corrected chi connectivity index (χ0v) is 18.7. The standard InChI is InChI=1S/C23H35N3O5/c1-3-29-18-20(27)16-25(10-7-13-28-2)17-21-22(19-8-5-4-6-9-19)24-31-23(21)26-11-14-30-15-12-26/h4-6,8-9,20,27H,3,7,10-18H2,1-2H3/t20-/m0/s1. The molecule has 3 rings (SSSR count). The summed E-state index contributed by atoms with van der Waals surface area (Å²) in [5.41, 5.74) is 2.90. The third-order valence-electron chi connectivity index (χ3n) is 5.30. The van der Waals surface area contributed by atoms with Gasteiger partial charge in [-0.2, -0.15) is 0 Å². The fraction of sp³-hybridized carbons (Fsp3) is 0.609. The largest absolute Gasteiger partial charge is 0.389 e. The van der Waals surface area contributed by atoms with Crippen molar-refractivity contribution in [2.24, 2.45) is 0 Å². The van der Waals surface area contributed by atoms with E-state index in [1.165, 1.54) is 0 Å². The molecule has 0 saturated carbocycles. The summed E-state index contributed by atoms with van der Waals surface area (Å²) in [5.74, 6) is 0.790. The van der Waals surface area contributed by atoms with Crippen molar-refractivity contribution in [2.75, 3.05) is 71.2 Å². The predicted molar refractivity (Wildman–Crippen MR) is 119 cm³/mol. The first kappa shape index (κ1) is 23.7. The number of benzene rings is 1. The van der Waals surface area contributed by atoms with Gasteiger partial charge in [0.1, 0.15) is 5.69 Å². The molecule has 2 heterocycles. The maximum absolute atomic E-state index is 10.5. The summed E-state index contributed by atoms with van der Waals surface area (Å²) >= 11 is 0. The van der Waals surface area contributed by atoms with Gasteiger partial charge < -0.3 is 28.7 Å². The molecule has 172 valence electrons. The number of nitrogens with zero attached hydrogens (tertiary/aromatic N) is 3. The normalized spacial score (nSPS) is 15.5. The van der Waals surface area contributed by atoms with Gasteiger partial charge in [-0.25, -0.2) is 0 Å². The summed E-state index contributed by atoms with van der Waals surface area (Å²) in [6, 6.07) is 10.1. The number of hydrogen-bond acceptors (Lipinski definition) is 8. The van der Waals surface area contributed by atoms with Crippen LogP contribution in [-0.4, -0.2) is 87.6 Å². The third kappa shape index (κ3) is 7.02. The van der Waals surface area contributed by atoms with Crippen LogP contribution in [0.3, 0.4) is 0 Å². The number of ether oxygens (including phenoxy) is 3. The van der Waals surface area contributed by atoms with Gasteiger partial charge in [-0.15, -0.1) is 0 Å². The number of aromatic nitrogens is 1. The molecule has 1 aliphatic heterocycles. The maximum atomic E-state index is 10.5. The van der Waals surface area contributed by atoms with E-state index >= 15 is 0 Å². The van der Waals surface area contributed by atoms with E-state index in [9.17, 15) is 5.11 Å². The van der Waals surface area contributed by atoms with Crippen molar-refractivity contribution in [2.45, 2.75) is 26.0 Å². The van der Waals surface area contributed by atoms with Crippen molar-refractivity contribution in [3.8, 4) is 11.3 Å². The molecule has 0 aliphatic carbocycles. The maximum Gasteiger partial charge on any atom is 0.232 e. The van der Waals surface area contributed by atoms with E-state index in [0.29, 0.717) is 46.1 Å². The minimum absolute atomic E-state index is 0.322. The lowest BCUT2D eigenvalue weighted by Crippen LogP contribution is -2.38. The summed E-state index contributed by atoms with van der Waals surface area (Å²) in [7, 11) is 1.71. The van der Waals surface area contributed by atoms with Crippen LogP contribution in [0.15, 0.2) is 34.9 Å². The number of hydrogen-bond donors (Lipinski definition) is 1. The number of methoxy groups -OCH3 is 1. The summed E-state index contributed by atoms with van der Waals surface area (Å²) < 4.78 is 22.0. The molecule has 1 saturated heterocycles. The first-order valence-electron chi connectivity index (χ1n) is 11.1. The van der Waals surface area contributed by atoms with Crippen molar-refractivity contribution in [3.05, 3.63) is 35.9 Å². The number of morpholine rings is 1. The average Bonchev–Trinajstić information content (AvgIpc) is 3.22. The van der Waals surface area contributed by atoms with Crippen LogP contribution in [0.2, 0.25) is 0 Å². The predicted octanol–water partition coefficient (Wildman–Crippen LogP) is 2.41. The Morgan fingerprint density at radius 2 is 2.00 bits per heavy atom. The molecule has 31 heavy (non-hydrogen) atoms. The van der Waals surface area contributed by atoms with Crippen LogP contribution in [0.25, 0.3) is 11.3 Å². The Balaban J connectivity index is 1.85. The van der Waals surface area contributed by atoms with Gasteiger partial charge in [0.25, 0.3) is 0 Å². The minimum atomic E-state index is -0.561. The lowest BCUT2D eigenvalue weighted by molar-refractivity contribution is 0.0181. The van der Waals surface area contributed by atoms with E-state index in [4.69, 9.17) is 18.7 Å². The van der Waals surface area contributed by atoms with E-state index in [-0.39, 0.29) is 0 Å². The van der Waals surface area contributed by atoms with Crippen molar-refractivity contribution >= 4 is 5.88 Å². The van der Waals surface area contributed by atoms with Crippen LogP contribution in [0.5, 0.6) is 0 Å². The molecular formula is C23H35N3O5. The molecule has 2 aromatic rings. The summed E-state index contributed by atoms with van der Waals surface area (Å²) in [5, 5.41) is 14.9. The molecule has 1 aliphatic rings. The molecule has 0 spiro atoms. The number of aliphatic hydroxyl groups is 1. The Labute approximate surface area is 184 Å². The van der Waals surface area contributed by atoms with Crippen LogP contribution >= 0.6 is 0 Å². The van der Waals surface area contributed by atoms with Crippen molar-refractivity contribution < 1.29 is 23.8 Å². The van der Waals surface area contributed by atoms with Crippen LogP contribution < -0.4 is 4.90 Å². The van der Waals surface area contributed by atoms with Gasteiger partial charge in [-0.3, -0.25) is 4.90 Å². The van der Waals surface area contributed by atoms with Crippen LogP contribution in [0.1, 0.15) is 18.9 Å². The molecule has 1 N–H and O–H groups in total. The van der Waals surface area contributed by atoms with Crippen molar-refractivity contribution in [1.82, 2.24) is 10.1 Å². The highest BCUT2D eigenvalue weighted by atomic mass is 16.5. The molecule has 1 aromatic heterocycles. The Morgan fingerprint density at radius 1 is 1.23 bits per heavy atom. The molecule has 8 heteroatoms. The highest BCUT2D eigenvalue weighted by Crippen LogP contribution is 2.33. The second kappa shape index (κ2) is 12.8. The van der Waals surface area contributed by atoms with Crippen LogP contribution in [0, 0.1) is 0 Å². The molecule has 0 unspecified atom stereocenters. The number of anilines is 1. The monoisotopic (exact) mass is 433 g/mol. The van der Waals surface area contributed by atoms with E-state index in [1.807, 2.05) is 37.3 Å². The molecule has 1 aromatic carbocycles. The van der Waals surface area contributed by atoms with Gasteiger partial charge in [-0.05, 0) is 13.3 Å². The van der Waals surface area contributed by atoms with Crippen molar-refractivity contribution in [1.29, 1.82) is 0 Å². The van der Waals surface area contributed by atoms with Gasteiger partial charge in [0.15, 0.2) is 0 Å². The third-order valence-corrected chi connectivity index (χ3v) is 5.30. The lowest BCUT2D eigenvalue weighted by Gasteiger charge is -2.29. The first-order chi connectivity index (χ1) is 15.2. The Bertz CT molecular complexity index is 749. The lowest BCUT2D eigenvalue weighted by atomic mass is 10.1. The van der Waals surface area contributed by atoms with E-state index in [2.05, 4.69) is 15.0 Å². The summed E-state index contributed by atoms with van der Waals surface area (Å²) in [6.07, 6.45) is 0.311. The van der Waals surface area contributed by atoms with Gasteiger partial charge in [0.2, 0.25) is 5.88 Å². The quantitative estimate of drug-likeness (QED) is 0.483. The molecule has 0 bridgehead atoms. The van der Waals surface area contributed by atoms with Gasteiger partial charge in [0.05, 0.1) is 31.5 Å². The van der Waals surface area contributed by atoms with Crippen molar-refractivity contribution in [3.63, 3.8) is 0 Å². The second-order valence-electron chi connectivity index (χ2n) is 7.68. The number of aliphatic hydroxyl groups excluding tert-OH is 1. The molecular weight excluding hydrogens is 398 g/mol. The zero-order chi connectivity index (χ0) is 21.9. The molecule has 8 nitrogen and oxygen atoms in total. The Morgan fingerprint density at radius 3 is 2.71 bits per heavy atom. The highest BCUT2D eigenvalue weighted by Gasteiger charge is 2.26. The highest BCUT2D eigenvalue weighted by molar-refractivity contribution is 5.68. The van der Waals surface area contributed by atoms with Gasteiger partial charge in [-0.1, -0.05) is 35.5 Å². The van der Waals surface area contributed by atoms with Gasteiger partial charge >= 0.3 is 0 Å². The minimum Gasteiger partial charge on any atom is -0.389 e. The SMILES string of the molecule is CCOC[C@@H](O)CN(CCCOC)Cc1c(-c2ccccc2)noc1N1CCOCC1. The molecule has 1 atom stereocenters. The first-order valence-corrected chi connectivity index (χ1v) is 11.1. The summed E-state index contributed by atoms with van der Waals surface area (Å²) in [6.45, 7) is 8.31. The molecule has 0 radical (unpaired) electrons. The van der Waals surface area contributed by atoms with E-state index in [1.54, 1.807) is 7.11 Å². The van der Waals surface area contributed by atoms with Crippen LogP contribution in [0.4, 0.5) is 5.88 Å². The Kier molecular flexibility index (Phi) is 9.77. The van der Waals surface area contributed by atoms with Gasteiger partial charge in [0, 0.05) is 58.6 Å². The second-order valence-corrected chi connectivity index (χ2v) is 7.68. The summed E-state index contributed by atoms with van der Waals surface area (Å²) in [4.78, 5) is 4.42. The average molecular weight is 434 g/mol. The Hall–Kier alpha value is -1.97. The molecule has 1 fully saturated rings. The topological polar surface area (TPSA) is 80.4 Å². The molecule has 0 amide bonds. The van der Waals surface area contributed by atoms with Crippen LogP contribution in [-0.2, 0) is 20.8 Å².